The fourth-order valence-electron chi connectivity index (χ4n) is 0.657. The number of aliphatic hydroxyl groups excluding tert-OH is 1. The Morgan fingerprint density at radius 2 is 2.00 bits per heavy atom. The van der Waals surface area contributed by atoms with Gasteiger partial charge in [-0.05, 0) is 25.0 Å². The molecule has 0 aliphatic rings. The van der Waals surface area contributed by atoms with Crippen molar-refractivity contribution in [2.45, 2.75) is 26.4 Å². The SMILES string of the molecule is CC(O)CC(C)CS. The van der Waals surface area contributed by atoms with Gasteiger partial charge in [0.1, 0.15) is 0 Å². The van der Waals surface area contributed by atoms with E-state index in [0.29, 0.717) is 5.92 Å². The molecule has 0 fully saturated rings. The highest BCUT2D eigenvalue weighted by Crippen LogP contribution is 2.05. The van der Waals surface area contributed by atoms with E-state index in [-0.39, 0.29) is 6.10 Å². The van der Waals surface area contributed by atoms with Crippen LogP contribution in [0.15, 0.2) is 0 Å². The van der Waals surface area contributed by atoms with Gasteiger partial charge in [0.15, 0.2) is 0 Å². The van der Waals surface area contributed by atoms with Crippen LogP contribution in [0.1, 0.15) is 20.3 Å². The van der Waals surface area contributed by atoms with Crippen LogP contribution in [0.2, 0.25) is 0 Å². The highest BCUT2D eigenvalue weighted by Gasteiger charge is 2.01. The zero-order valence-electron chi connectivity index (χ0n) is 5.46. The van der Waals surface area contributed by atoms with Crippen LogP contribution in [0.25, 0.3) is 0 Å². The summed E-state index contributed by atoms with van der Waals surface area (Å²) in [5.41, 5.74) is 0. The van der Waals surface area contributed by atoms with Crippen LogP contribution in [0.4, 0.5) is 0 Å². The summed E-state index contributed by atoms with van der Waals surface area (Å²) >= 11 is 4.08. The highest BCUT2D eigenvalue weighted by molar-refractivity contribution is 7.80. The molecule has 0 aliphatic heterocycles. The van der Waals surface area contributed by atoms with E-state index in [1.54, 1.807) is 6.92 Å². The molecule has 2 heteroatoms. The van der Waals surface area contributed by atoms with Crippen LogP contribution >= 0.6 is 12.6 Å². The van der Waals surface area contributed by atoms with Gasteiger partial charge in [0.05, 0.1) is 6.10 Å². The smallest absolute Gasteiger partial charge is 0.0514 e. The van der Waals surface area contributed by atoms with Crippen LogP contribution in [0.5, 0.6) is 0 Å². The van der Waals surface area contributed by atoms with Gasteiger partial charge >= 0.3 is 0 Å². The molecule has 0 aromatic carbocycles. The van der Waals surface area contributed by atoms with Crippen molar-refractivity contribution in [2.24, 2.45) is 5.92 Å². The third-order valence-corrected chi connectivity index (χ3v) is 1.68. The number of hydrogen-bond acceptors (Lipinski definition) is 2. The first-order valence-corrected chi connectivity index (χ1v) is 3.59. The lowest BCUT2D eigenvalue weighted by Gasteiger charge is -2.08. The van der Waals surface area contributed by atoms with Crippen molar-refractivity contribution in [2.75, 3.05) is 5.75 Å². The lowest BCUT2D eigenvalue weighted by atomic mass is 10.1. The molecule has 0 aromatic rings. The third-order valence-electron chi connectivity index (χ3n) is 1.06. The molecule has 0 radical (unpaired) electrons. The van der Waals surface area contributed by atoms with E-state index < -0.39 is 0 Å². The van der Waals surface area contributed by atoms with E-state index >= 15 is 0 Å². The molecule has 0 bridgehead atoms. The van der Waals surface area contributed by atoms with Crippen molar-refractivity contribution in [3.05, 3.63) is 0 Å². The lowest BCUT2D eigenvalue weighted by Crippen LogP contribution is -2.07. The normalized spacial score (nSPS) is 18.0. The Hall–Kier alpha value is 0.310. The average Bonchev–Trinajstić information content (AvgIpc) is 1.65. The topological polar surface area (TPSA) is 20.2 Å². The Morgan fingerprint density at radius 3 is 2.12 bits per heavy atom. The van der Waals surface area contributed by atoms with Gasteiger partial charge in [0.2, 0.25) is 0 Å². The Morgan fingerprint density at radius 1 is 1.50 bits per heavy atom. The van der Waals surface area contributed by atoms with Gasteiger partial charge in [0, 0.05) is 0 Å². The fraction of sp³-hybridized carbons (Fsp3) is 1.00. The number of thiol groups is 1. The molecular weight excluding hydrogens is 120 g/mol. The molecule has 0 aromatic heterocycles. The molecule has 1 nitrogen and oxygen atoms in total. The summed E-state index contributed by atoms with van der Waals surface area (Å²) in [5.74, 6) is 1.41. The first-order chi connectivity index (χ1) is 3.66. The van der Waals surface area contributed by atoms with Crippen molar-refractivity contribution in [3.63, 3.8) is 0 Å². The molecule has 0 spiro atoms. The standard InChI is InChI=1S/C6H14OS/c1-5(4-8)3-6(2)7/h5-8H,3-4H2,1-2H3. The molecule has 0 rings (SSSR count). The molecule has 0 saturated heterocycles. The summed E-state index contributed by atoms with van der Waals surface area (Å²) < 4.78 is 0. The zero-order valence-corrected chi connectivity index (χ0v) is 6.36. The summed E-state index contributed by atoms with van der Waals surface area (Å²) in [7, 11) is 0. The molecule has 0 heterocycles. The minimum atomic E-state index is -0.169. The van der Waals surface area contributed by atoms with Crippen molar-refractivity contribution in [1.82, 2.24) is 0 Å². The summed E-state index contributed by atoms with van der Waals surface area (Å²) in [6, 6.07) is 0. The molecular formula is C6H14OS. The van der Waals surface area contributed by atoms with Gasteiger partial charge in [-0.3, -0.25) is 0 Å². The summed E-state index contributed by atoms with van der Waals surface area (Å²) in [4.78, 5) is 0. The quantitative estimate of drug-likeness (QED) is 0.558. The van der Waals surface area contributed by atoms with Crippen LogP contribution in [-0.4, -0.2) is 17.0 Å². The lowest BCUT2D eigenvalue weighted by molar-refractivity contribution is 0.169. The number of aliphatic hydroxyl groups is 1. The average molecular weight is 134 g/mol. The van der Waals surface area contributed by atoms with E-state index in [1.165, 1.54) is 0 Å². The van der Waals surface area contributed by atoms with Gasteiger partial charge in [-0.25, -0.2) is 0 Å². The summed E-state index contributed by atoms with van der Waals surface area (Å²) in [6.07, 6.45) is 0.695. The van der Waals surface area contributed by atoms with E-state index in [4.69, 9.17) is 5.11 Å². The molecule has 0 aliphatic carbocycles. The maximum Gasteiger partial charge on any atom is 0.0514 e. The van der Waals surface area contributed by atoms with Gasteiger partial charge in [-0.2, -0.15) is 12.6 Å². The minimum absolute atomic E-state index is 0.169. The maximum absolute atomic E-state index is 8.82. The van der Waals surface area contributed by atoms with E-state index in [1.807, 2.05) is 0 Å². The van der Waals surface area contributed by atoms with Crippen LogP contribution in [0.3, 0.4) is 0 Å². The predicted molar refractivity (Wildman–Crippen MR) is 39.3 cm³/mol. The second-order valence-electron chi connectivity index (χ2n) is 2.37. The summed E-state index contributed by atoms with van der Waals surface area (Å²) in [5, 5.41) is 8.82. The number of rotatable bonds is 3. The first kappa shape index (κ1) is 8.31. The van der Waals surface area contributed by atoms with E-state index in [0.717, 1.165) is 12.2 Å². The van der Waals surface area contributed by atoms with Crippen LogP contribution in [0, 0.1) is 5.92 Å². The monoisotopic (exact) mass is 134 g/mol. The molecule has 0 amide bonds. The molecule has 2 atom stereocenters. The maximum atomic E-state index is 8.82. The second kappa shape index (κ2) is 4.21. The van der Waals surface area contributed by atoms with Crippen molar-refractivity contribution >= 4 is 12.6 Å². The van der Waals surface area contributed by atoms with Crippen molar-refractivity contribution in [1.29, 1.82) is 0 Å². The fourth-order valence-corrected chi connectivity index (χ4v) is 0.806. The van der Waals surface area contributed by atoms with Crippen molar-refractivity contribution < 1.29 is 5.11 Å². The van der Waals surface area contributed by atoms with Crippen LogP contribution in [-0.2, 0) is 0 Å². The van der Waals surface area contributed by atoms with Gasteiger partial charge in [0.25, 0.3) is 0 Å². The van der Waals surface area contributed by atoms with Crippen LogP contribution < -0.4 is 0 Å². The van der Waals surface area contributed by atoms with Gasteiger partial charge in [-0.1, -0.05) is 6.92 Å². The Kier molecular flexibility index (Phi) is 4.38. The van der Waals surface area contributed by atoms with E-state index in [9.17, 15) is 0 Å². The molecule has 1 N–H and O–H groups in total. The van der Waals surface area contributed by atoms with Gasteiger partial charge in [-0.15, -0.1) is 0 Å². The van der Waals surface area contributed by atoms with Gasteiger partial charge < -0.3 is 5.11 Å². The predicted octanol–water partition coefficient (Wildman–Crippen LogP) is 1.32. The molecule has 50 valence electrons. The second-order valence-corrected chi connectivity index (χ2v) is 2.74. The highest BCUT2D eigenvalue weighted by atomic mass is 32.1. The Bertz CT molecular complexity index is 54.5. The summed E-state index contributed by atoms with van der Waals surface area (Å²) in [6.45, 7) is 3.89. The number of hydrogen-bond donors (Lipinski definition) is 2. The van der Waals surface area contributed by atoms with Crippen molar-refractivity contribution in [3.8, 4) is 0 Å². The third kappa shape index (κ3) is 4.47. The minimum Gasteiger partial charge on any atom is -0.393 e. The Balaban J connectivity index is 3.10. The first-order valence-electron chi connectivity index (χ1n) is 2.95. The largest absolute Gasteiger partial charge is 0.393 e. The molecule has 0 saturated carbocycles. The Labute approximate surface area is 56.5 Å². The van der Waals surface area contributed by atoms with E-state index in [2.05, 4.69) is 19.6 Å². The zero-order chi connectivity index (χ0) is 6.57. The molecule has 2 unspecified atom stereocenters. The molecule has 8 heavy (non-hydrogen) atoms.